The number of ether oxygens (including phenoxy) is 2. The molecule has 4 heterocycles. The molecule has 3 aliphatic heterocycles. The van der Waals surface area contributed by atoms with Crippen LogP contribution in [0.5, 0.6) is 0 Å². The molecule has 2 saturated heterocycles. The first kappa shape index (κ1) is 18.4. The maximum absolute atomic E-state index is 13.2. The summed E-state index contributed by atoms with van der Waals surface area (Å²) in [5, 5.41) is 0. The van der Waals surface area contributed by atoms with Gasteiger partial charge in [0.2, 0.25) is 0 Å². The summed E-state index contributed by atoms with van der Waals surface area (Å²) < 4.78 is 11.7. The largest absolute Gasteiger partial charge is 0.383 e. The summed E-state index contributed by atoms with van der Waals surface area (Å²) in [6.45, 7) is 7.75. The second-order valence-electron chi connectivity index (χ2n) is 7.72. The molecule has 1 spiro atoms. The number of hydrogen-bond donors (Lipinski definition) is 0. The van der Waals surface area contributed by atoms with Crippen LogP contribution in [0.1, 0.15) is 52.7 Å². The zero-order chi connectivity index (χ0) is 18.1. The van der Waals surface area contributed by atoms with Crippen LogP contribution in [0.15, 0.2) is 6.07 Å². The highest BCUT2D eigenvalue weighted by molar-refractivity contribution is 7.14. The summed E-state index contributed by atoms with van der Waals surface area (Å²) in [7, 11) is 1.72. The van der Waals surface area contributed by atoms with Crippen molar-refractivity contribution < 1.29 is 14.3 Å². The maximum atomic E-state index is 13.2. The second kappa shape index (κ2) is 7.58. The predicted octanol–water partition coefficient (Wildman–Crippen LogP) is 2.88. The van der Waals surface area contributed by atoms with Crippen LogP contribution in [0.2, 0.25) is 0 Å². The van der Waals surface area contributed by atoms with Gasteiger partial charge in [-0.1, -0.05) is 6.92 Å². The third-order valence-electron chi connectivity index (χ3n) is 6.33. The van der Waals surface area contributed by atoms with E-state index in [1.54, 1.807) is 18.4 Å². The third-order valence-corrected chi connectivity index (χ3v) is 7.51. The van der Waals surface area contributed by atoms with E-state index in [1.807, 2.05) is 4.90 Å². The summed E-state index contributed by atoms with van der Waals surface area (Å²) in [6, 6.07) is 2.38. The van der Waals surface area contributed by atoms with Crippen LogP contribution in [-0.4, -0.2) is 68.3 Å². The Kier molecular flexibility index (Phi) is 5.37. The van der Waals surface area contributed by atoms with E-state index in [-0.39, 0.29) is 17.6 Å². The number of carbonyl (C=O) groups is 1. The van der Waals surface area contributed by atoms with Crippen LogP contribution >= 0.6 is 11.3 Å². The number of methoxy groups -OCH3 is 1. The molecule has 0 aromatic carbocycles. The van der Waals surface area contributed by atoms with E-state index in [0.717, 1.165) is 69.8 Å². The molecule has 1 atom stereocenters. The summed E-state index contributed by atoms with van der Waals surface area (Å²) in [5.41, 5.74) is 1.14. The number of thiophene rings is 1. The average Bonchev–Trinajstić information content (AvgIpc) is 3.30. The quantitative estimate of drug-likeness (QED) is 0.808. The van der Waals surface area contributed by atoms with Gasteiger partial charge >= 0.3 is 0 Å². The van der Waals surface area contributed by atoms with Gasteiger partial charge in [-0.15, -0.1) is 11.3 Å². The van der Waals surface area contributed by atoms with E-state index < -0.39 is 0 Å². The van der Waals surface area contributed by atoms with Gasteiger partial charge in [-0.2, -0.15) is 0 Å². The molecular formula is C20H30N2O3S. The molecule has 0 radical (unpaired) electrons. The Morgan fingerprint density at radius 2 is 2.19 bits per heavy atom. The summed E-state index contributed by atoms with van der Waals surface area (Å²) >= 11 is 1.70. The molecule has 5 nitrogen and oxygen atoms in total. The van der Waals surface area contributed by atoms with E-state index in [1.165, 1.54) is 10.4 Å². The van der Waals surface area contributed by atoms with Crippen molar-refractivity contribution in [2.75, 3.05) is 46.5 Å². The van der Waals surface area contributed by atoms with Crippen molar-refractivity contribution in [2.24, 2.45) is 0 Å². The van der Waals surface area contributed by atoms with E-state index in [9.17, 15) is 4.79 Å². The monoisotopic (exact) mass is 378 g/mol. The fourth-order valence-electron chi connectivity index (χ4n) is 4.78. The van der Waals surface area contributed by atoms with Crippen molar-refractivity contribution in [1.82, 2.24) is 9.80 Å². The van der Waals surface area contributed by atoms with Gasteiger partial charge in [-0.3, -0.25) is 4.79 Å². The van der Waals surface area contributed by atoms with Gasteiger partial charge in [-0.25, -0.2) is 0 Å². The lowest BCUT2D eigenvalue weighted by molar-refractivity contribution is -0.0964. The molecule has 3 aliphatic rings. The van der Waals surface area contributed by atoms with Gasteiger partial charge in [0.15, 0.2) is 0 Å². The first-order chi connectivity index (χ1) is 12.7. The van der Waals surface area contributed by atoms with Gasteiger partial charge in [-0.05, 0) is 43.9 Å². The molecule has 0 N–H and O–H groups in total. The number of amides is 1. The topological polar surface area (TPSA) is 42.0 Å². The van der Waals surface area contributed by atoms with Gasteiger partial charge in [0.25, 0.3) is 5.91 Å². The lowest BCUT2D eigenvalue weighted by atomic mass is 9.82. The van der Waals surface area contributed by atoms with Crippen LogP contribution in [-0.2, 0) is 21.5 Å². The highest BCUT2D eigenvalue weighted by Crippen LogP contribution is 2.45. The zero-order valence-corrected chi connectivity index (χ0v) is 16.8. The molecule has 0 aliphatic carbocycles. The number of fused-ring (bicyclic) bond motifs is 2. The second-order valence-corrected chi connectivity index (χ2v) is 8.86. The Labute approximate surface area is 160 Å². The van der Waals surface area contributed by atoms with Gasteiger partial charge < -0.3 is 19.3 Å². The number of rotatable bonds is 4. The van der Waals surface area contributed by atoms with Gasteiger partial charge in [0, 0.05) is 38.0 Å². The summed E-state index contributed by atoms with van der Waals surface area (Å²) in [5.74, 6) is 0.185. The fraction of sp³-hybridized carbons (Fsp3) is 0.750. The summed E-state index contributed by atoms with van der Waals surface area (Å²) in [6.07, 6.45) is 5.13. The zero-order valence-electron chi connectivity index (χ0n) is 16.0. The molecule has 144 valence electrons. The van der Waals surface area contributed by atoms with Gasteiger partial charge in [0.1, 0.15) is 0 Å². The Balaban J connectivity index is 1.57. The molecule has 1 aromatic heterocycles. The molecule has 4 rings (SSSR count). The van der Waals surface area contributed by atoms with Crippen LogP contribution in [0.4, 0.5) is 0 Å². The minimum atomic E-state index is -0.161. The molecule has 1 aromatic rings. The smallest absolute Gasteiger partial charge is 0.264 e. The van der Waals surface area contributed by atoms with E-state index in [2.05, 4.69) is 17.9 Å². The number of hydrogen-bond acceptors (Lipinski definition) is 5. The summed E-state index contributed by atoms with van der Waals surface area (Å²) in [4.78, 5) is 19.9. The molecule has 6 heteroatoms. The maximum Gasteiger partial charge on any atom is 0.264 e. The Bertz CT molecular complexity index is 651. The minimum Gasteiger partial charge on any atom is -0.383 e. The molecule has 2 fully saturated rings. The van der Waals surface area contributed by atoms with E-state index in [0.29, 0.717) is 6.61 Å². The number of likely N-dealkylation sites (tertiary alicyclic amines) is 2. The first-order valence-corrected chi connectivity index (χ1v) is 10.8. The molecule has 0 saturated carbocycles. The van der Waals surface area contributed by atoms with Gasteiger partial charge in [0.05, 0.1) is 29.7 Å². The lowest BCUT2D eigenvalue weighted by Gasteiger charge is -2.43. The van der Waals surface area contributed by atoms with Crippen molar-refractivity contribution >= 4 is 17.2 Å². The first-order valence-electron chi connectivity index (χ1n) is 9.96. The van der Waals surface area contributed by atoms with E-state index >= 15 is 0 Å². The molecule has 0 unspecified atom stereocenters. The van der Waals surface area contributed by atoms with Crippen molar-refractivity contribution in [3.05, 3.63) is 21.4 Å². The highest BCUT2D eigenvalue weighted by atomic mass is 32.1. The van der Waals surface area contributed by atoms with E-state index in [4.69, 9.17) is 9.47 Å². The third kappa shape index (κ3) is 3.21. The Hall–Kier alpha value is -0.950. The highest BCUT2D eigenvalue weighted by Gasteiger charge is 2.42. The van der Waals surface area contributed by atoms with Crippen LogP contribution < -0.4 is 0 Å². The standard InChI is InChI=1S/C20H30N2O3S/c1-3-21-10-7-20(8-11-21)16-13-18(26-17(16)6-12-25-20)19(23)22-9-4-5-15(22)14-24-2/h13,15H,3-12,14H2,1-2H3/t15-/m0/s1. The van der Waals surface area contributed by atoms with Crippen molar-refractivity contribution in [2.45, 2.75) is 50.7 Å². The number of nitrogens with zero attached hydrogens (tertiary/aromatic N) is 2. The molecule has 0 bridgehead atoms. The number of carbonyl (C=O) groups excluding carboxylic acids is 1. The number of piperidine rings is 1. The predicted molar refractivity (Wildman–Crippen MR) is 103 cm³/mol. The van der Waals surface area contributed by atoms with Crippen LogP contribution in [0.25, 0.3) is 0 Å². The van der Waals surface area contributed by atoms with Crippen molar-refractivity contribution in [3.63, 3.8) is 0 Å². The molecule has 1 amide bonds. The Morgan fingerprint density at radius 1 is 1.38 bits per heavy atom. The molecule has 26 heavy (non-hydrogen) atoms. The molecular weight excluding hydrogens is 348 g/mol. The normalized spacial score (nSPS) is 25.6. The van der Waals surface area contributed by atoms with Crippen molar-refractivity contribution in [3.8, 4) is 0 Å². The van der Waals surface area contributed by atoms with Crippen LogP contribution in [0, 0.1) is 0 Å². The SMILES string of the molecule is CCN1CCC2(CC1)OCCc1sc(C(=O)N3CCC[C@H]3COC)cc12. The minimum absolute atomic E-state index is 0.161. The van der Waals surface area contributed by atoms with Crippen LogP contribution in [0.3, 0.4) is 0 Å². The Morgan fingerprint density at radius 3 is 2.92 bits per heavy atom. The van der Waals surface area contributed by atoms with Crippen molar-refractivity contribution in [1.29, 1.82) is 0 Å². The lowest BCUT2D eigenvalue weighted by Crippen LogP contribution is -2.46. The average molecular weight is 379 g/mol. The fourth-order valence-corrected chi connectivity index (χ4v) is 5.96.